The van der Waals surface area contributed by atoms with E-state index < -0.39 is 58.5 Å². The zero-order valence-electron chi connectivity index (χ0n) is 12.4. The fourth-order valence-electron chi connectivity index (χ4n) is 2.65. The van der Waals surface area contributed by atoms with Crippen LogP contribution >= 0.6 is 0 Å². The Morgan fingerprint density at radius 2 is 1.00 bits per heavy atom. The minimum absolute atomic E-state index is 0.556. The van der Waals surface area contributed by atoms with E-state index in [9.17, 15) is 52.7 Å². The lowest BCUT2D eigenvalue weighted by molar-refractivity contribution is -0.148. The van der Waals surface area contributed by atoms with Gasteiger partial charge < -0.3 is 0 Å². The molecule has 0 N–H and O–H groups in total. The zero-order chi connectivity index (χ0) is 21.0. The molecule has 27 heavy (non-hydrogen) atoms. The summed E-state index contributed by atoms with van der Waals surface area (Å²) in [5, 5.41) is 0. The van der Waals surface area contributed by atoms with Gasteiger partial charge in [0.1, 0.15) is 0 Å². The second kappa shape index (κ2) is 6.13. The molecule has 148 valence electrons. The Morgan fingerprint density at radius 3 is 1.33 bits per heavy atom. The highest BCUT2D eigenvalue weighted by molar-refractivity contribution is 5.93. The number of hydrogen-bond acceptors (Lipinski definition) is 0. The molecule has 0 unspecified atom stereocenters. The fraction of sp³-hybridized carbons (Fsp3) is 0.267. The summed E-state index contributed by atoms with van der Waals surface area (Å²) in [6, 6.07) is 3.98. The molecule has 0 aromatic heterocycles. The Morgan fingerprint density at radius 1 is 0.556 bits per heavy atom. The molecule has 0 heterocycles. The summed E-state index contributed by atoms with van der Waals surface area (Å²) in [6.07, 6.45) is -25.0. The fourth-order valence-corrected chi connectivity index (χ4v) is 2.65. The van der Waals surface area contributed by atoms with Crippen molar-refractivity contribution in [1.82, 2.24) is 0 Å². The molecule has 1 aromatic rings. The second-order valence-electron chi connectivity index (χ2n) is 5.23. The number of allylic oxidation sites excluding steroid dienone is 4. The first-order chi connectivity index (χ1) is 12.0. The van der Waals surface area contributed by atoms with Gasteiger partial charge in [-0.2, -0.15) is 52.7 Å². The Labute approximate surface area is 142 Å². The molecule has 1 aliphatic carbocycles. The van der Waals surface area contributed by atoms with Gasteiger partial charge in [0.25, 0.3) is 0 Å². The van der Waals surface area contributed by atoms with Gasteiger partial charge in [0, 0.05) is 0 Å². The third-order valence-corrected chi connectivity index (χ3v) is 3.45. The number of benzene rings is 1. The molecule has 0 spiro atoms. The van der Waals surface area contributed by atoms with Crippen molar-refractivity contribution in [1.29, 1.82) is 0 Å². The van der Waals surface area contributed by atoms with Crippen LogP contribution in [-0.4, -0.2) is 24.7 Å². The Hall–Kier alpha value is -2.27. The van der Waals surface area contributed by atoms with E-state index in [4.69, 9.17) is 0 Å². The van der Waals surface area contributed by atoms with E-state index in [0.717, 1.165) is 18.2 Å². The maximum absolute atomic E-state index is 13.3. The van der Waals surface area contributed by atoms with Gasteiger partial charge in [-0.15, -0.1) is 0 Å². The highest BCUT2D eigenvalue weighted by Crippen LogP contribution is 2.62. The van der Waals surface area contributed by atoms with Crippen LogP contribution in [0.15, 0.2) is 47.1 Å². The highest BCUT2D eigenvalue weighted by atomic mass is 19.4. The Kier molecular flexibility index (Phi) is 4.77. The summed E-state index contributed by atoms with van der Waals surface area (Å²) in [7, 11) is 0. The van der Waals surface area contributed by atoms with Crippen molar-refractivity contribution in [2.45, 2.75) is 24.7 Å². The normalized spacial score (nSPS) is 17.3. The molecule has 0 aliphatic heterocycles. The summed E-state index contributed by atoms with van der Waals surface area (Å²) in [4.78, 5) is 0. The van der Waals surface area contributed by atoms with E-state index in [1.54, 1.807) is 0 Å². The smallest absolute Gasteiger partial charge is 0.164 e. The molecule has 0 amide bonds. The van der Waals surface area contributed by atoms with Crippen molar-refractivity contribution >= 4 is 5.57 Å². The maximum Gasteiger partial charge on any atom is 0.480 e. The van der Waals surface area contributed by atoms with E-state index in [1.807, 2.05) is 0 Å². The average Bonchev–Trinajstić information content (AvgIpc) is 2.84. The Balaban J connectivity index is 3.07. The van der Waals surface area contributed by atoms with Gasteiger partial charge in [-0.1, -0.05) is 18.2 Å². The first-order valence-corrected chi connectivity index (χ1v) is 6.68. The predicted octanol–water partition coefficient (Wildman–Crippen LogP) is 6.57. The van der Waals surface area contributed by atoms with E-state index in [2.05, 4.69) is 0 Å². The minimum Gasteiger partial charge on any atom is -0.164 e. The lowest BCUT2D eigenvalue weighted by atomic mass is 9.92. The molecule has 1 aliphatic rings. The van der Waals surface area contributed by atoms with Crippen LogP contribution in [0.3, 0.4) is 0 Å². The molecule has 0 nitrogen and oxygen atoms in total. The SMILES string of the molecule is FC(F)(F)C1=C(C(F)(F)F)[C+](C(F)(F)F)C(C(F)(F)F)=C1c1ccccc1. The van der Waals surface area contributed by atoms with E-state index >= 15 is 0 Å². The summed E-state index contributed by atoms with van der Waals surface area (Å²) in [5.41, 5.74) is -12.8. The number of halogens is 12. The van der Waals surface area contributed by atoms with E-state index in [-0.39, 0.29) is 0 Å². The number of hydrogen-bond donors (Lipinski definition) is 0. The summed E-state index contributed by atoms with van der Waals surface area (Å²) < 4.78 is 158. The molecule has 0 saturated carbocycles. The topological polar surface area (TPSA) is 0 Å². The van der Waals surface area contributed by atoms with Crippen molar-refractivity contribution in [2.75, 3.05) is 0 Å². The molecule has 0 bridgehead atoms. The summed E-state index contributed by atoms with van der Waals surface area (Å²) in [6.45, 7) is 0. The van der Waals surface area contributed by atoms with Gasteiger partial charge in [-0.25, -0.2) is 0 Å². The molecule has 0 atom stereocenters. The number of alkyl halides is 12. The van der Waals surface area contributed by atoms with Crippen molar-refractivity contribution in [3.63, 3.8) is 0 Å². The molecular formula is C15H5F12+. The van der Waals surface area contributed by atoms with E-state index in [0.29, 0.717) is 12.1 Å². The molecule has 0 radical (unpaired) electrons. The van der Waals surface area contributed by atoms with Crippen LogP contribution in [0, 0.1) is 5.92 Å². The Bertz CT molecular complexity index is 768. The van der Waals surface area contributed by atoms with Gasteiger partial charge in [-0.05, 0) is 12.1 Å². The predicted molar refractivity (Wildman–Crippen MR) is 67.9 cm³/mol. The molecule has 12 heteroatoms. The van der Waals surface area contributed by atoms with Crippen LogP contribution in [0.1, 0.15) is 5.56 Å². The van der Waals surface area contributed by atoms with Gasteiger partial charge in [0.15, 0.2) is 17.1 Å². The van der Waals surface area contributed by atoms with Crippen LogP contribution in [-0.2, 0) is 0 Å². The quantitative estimate of drug-likeness (QED) is 0.361. The van der Waals surface area contributed by atoms with Crippen LogP contribution in [0.4, 0.5) is 52.7 Å². The zero-order valence-corrected chi connectivity index (χ0v) is 12.4. The first kappa shape index (κ1) is 21.0. The highest BCUT2D eigenvalue weighted by Gasteiger charge is 2.74. The van der Waals surface area contributed by atoms with Crippen molar-refractivity contribution in [2.24, 2.45) is 0 Å². The van der Waals surface area contributed by atoms with Crippen LogP contribution in [0.5, 0.6) is 0 Å². The second-order valence-corrected chi connectivity index (χ2v) is 5.23. The van der Waals surface area contributed by atoms with Gasteiger partial charge in [-0.3, -0.25) is 0 Å². The third kappa shape index (κ3) is 3.88. The van der Waals surface area contributed by atoms with Crippen LogP contribution in [0.25, 0.3) is 5.57 Å². The lowest BCUT2D eigenvalue weighted by Crippen LogP contribution is -2.34. The summed E-state index contributed by atoms with van der Waals surface area (Å²) >= 11 is 0. The van der Waals surface area contributed by atoms with Crippen LogP contribution in [0.2, 0.25) is 0 Å². The monoisotopic (exact) mass is 413 g/mol. The maximum atomic E-state index is 13.3. The van der Waals surface area contributed by atoms with Gasteiger partial charge >= 0.3 is 24.7 Å². The lowest BCUT2D eigenvalue weighted by Gasteiger charge is -2.18. The molecule has 1 aromatic carbocycles. The molecular weight excluding hydrogens is 408 g/mol. The largest absolute Gasteiger partial charge is 0.480 e. The third-order valence-electron chi connectivity index (χ3n) is 3.45. The van der Waals surface area contributed by atoms with Crippen LogP contribution < -0.4 is 0 Å². The summed E-state index contributed by atoms with van der Waals surface area (Å²) in [5.74, 6) is -3.41. The average molecular weight is 413 g/mol. The first-order valence-electron chi connectivity index (χ1n) is 6.68. The van der Waals surface area contributed by atoms with Gasteiger partial charge in [0.2, 0.25) is 11.1 Å². The van der Waals surface area contributed by atoms with Crippen molar-refractivity contribution in [3.8, 4) is 0 Å². The minimum atomic E-state index is -6.34. The van der Waals surface area contributed by atoms with Gasteiger partial charge in [0.05, 0.1) is 5.56 Å². The van der Waals surface area contributed by atoms with Crippen molar-refractivity contribution in [3.05, 3.63) is 58.5 Å². The van der Waals surface area contributed by atoms with E-state index in [1.165, 1.54) is 0 Å². The standard InChI is InChI=1S/C15H5F12/c16-12(17,18)8-7(6-4-2-1-3-5-6)9(13(19,20)21)11(15(25,26)27)10(8)14(22,23)24/h1-5H/q+1. The van der Waals surface area contributed by atoms with Crippen molar-refractivity contribution < 1.29 is 52.7 Å². The molecule has 2 rings (SSSR count). The molecule has 0 fully saturated rings. The number of rotatable bonds is 1. The molecule has 0 saturated heterocycles.